The van der Waals surface area contributed by atoms with Crippen LogP contribution in [0.5, 0.6) is 0 Å². The van der Waals surface area contributed by atoms with Gasteiger partial charge in [-0.1, -0.05) is 34.6 Å². The van der Waals surface area contributed by atoms with Crippen LogP contribution in [0.15, 0.2) is 0 Å². The van der Waals surface area contributed by atoms with Gasteiger partial charge in [-0.2, -0.15) is 0 Å². The molecule has 0 fully saturated rings. The van der Waals surface area contributed by atoms with Crippen LogP contribution in [0.3, 0.4) is 0 Å². The Morgan fingerprint density at radius 2 is 1.67 bits per heavy atom. The highest BCUT2D eigenvalue weighted by molar-refractivity contribution is 5.83. The van der Waals surface area contributed by atoms with Gasteiger partial charge in [-0.05, 0) is 43.6 Å². The molecule has 0 aromatic carbocycles. The monoisotopic (exact) mass is 387 g/mol. The Morgan fingerprint density at radius 1 is 1.07 bits per heavy atom. The largest absolute Gasteiger partial charge is 0.481 e. The fraction of sp³-hybridized carbons (Fsp3) is 0.842. The number of carbonyl (C=O) groups excluding carboxylic acids is 2. The molecule has 3 atom stereocenters. The Hall–Kier alpha value is -1.67. The Bertz CT molecular complexity index is 488. The first-order valence-corrected chi connectivity index (χ1v) is 9.55. The molecule has 0 aliphatic heterocycles. The lowest BCUT2D eigenvalue weighted by molar-refractivity contribution is -0.137. The number of rotatable bonds is 12. The van der Waals surface area contributed by atoms with Crippen LogP contribution in [-0.4, -0.2) is 46.7 Å². The highest BCUT2D eigenvalue weighted by atomic mass is 16.5. The summed E-state index contributed by atoms with van der Waals surface area (Å²) in [6.07, 6.45) is 1.33. The lowest BCUT2D eigenvalue weighted by atomic mass is 9.85. The Morgan fingerprint density at radius 3 is 2.11 bits per heavy atom. The van der Waals surface area contributed by atoms with Crippen molar-refractivity contribution in [3.63, 3.8) is 0 Å². The quantitative estimate of drug-likeness (QED) is 0.257. The van der Waals surface area contributed by atoms with E-state index in [-0.39, 0.29) is 36.1 Å². The van der Waals surface area contributed by atoms with Crippen LogP contribution in [0.2, 0.25) is 0 Å². The molecule has 0 aromatic rings. The topological polar surface area (TPSA) is 128 Å². The lowest BCUT2D eigenvalue weighted by Gasteiger charge is -2.33. The Kier molecular flexibility index (Phi) is 11.2. The number of hydroxylamine groups is 1. The van der Waals surface area contributed by atoms with E-state index in [1.54, 1.807) is 12.4 Å². The van der Waals surface area contributed by atoms with Crippen molar-refractivity contribution in [2.45, 2.75) is 79.3 Å². The van der Waals surface area contributed by atoms with Crippen LogP contribution < -0.4 is 16.1 Å². The van der Waals surface area contributed by atoms with Gasteiger partial charge in [0, 0.05) is 18.9 Å². The van der Waals surface area contributed by atoms with E-state index in [0.717, 1.165) is 6.42 Å². The van der Waals surface area contributed by atoms with Crippen molar-refractivity contribution in [2.75, 3.05) is 6.54 Å². The van der Waals surface area contributed by atoms with Gasteiger partial charge in [-0.15, -0.1) is 0 Å². The zero-order valence-electron chi connectivity index (χ0n) is 17.5. The summed E-state index contributed by atoms with van der Waals surface area (Å²) in [5.41, 5.74) is 1.30. The second-order valence-corrected chi connectivity index (χ2v) is 8.78. The predicted molar refractivity (Wildman–Crippen MR) is 103 cm³/mol. The van der Waals surface area contributed by atoms with Gasteiger partial charge < -0.3 is 15.7 Å². The summed E-state index contributed by atoms with van der Waals surface area (Å²) in [5, 5.41) is 23.7. The molecule has 8 heteroatoms. The van der Waals surface area contributed by atoms with Crippen LogP contribution in [0.1, 0.15) is 67.2 Å². The lowest BCUT2D eigenvalue weighted by Crippen LogP contribution is -2.54. The molecule has 0 aliphatic rings. The third-order valence-electron chi connectivity index (χ3n) is 4.32. The Balaban J connectivity index is 4.94. The molecule has 1 unspecified atom stereocenters. The molecule has 27 heavy (non-hydrogen) atoms. The molecule has 0 aliphatic carbocycles. The predicted octanol–water partition coefficient (Wildman–Crippen LogP) is 1.92. The highest BCUT2D eigenvalue weighted by Crippen LogP contribution is 2.22. The molecular weight excluding hydrogens is 350 g/mol. The highest BCUT2D eigenvalue weighted by Gasteiger charge is 2.32. The minimum absolute atomic E-state index is 0.00178. The summed E-state index contributed by atoms with van der Waals surface area (Å²) >= 11 is 0. The van der Waals surface area contributed by atoms with Crippen LogP contribution in [0.25, 0.3) is 0 Å². The minimum atomic E-state index is -0.889. The maximum absolute atomic E-state index is 12.7. The van der Waals surface area contributed by atoms with Gasteiger partial charge in [-0.3, -0.25) is 19.6 Å². The zero-order valence-corrected chi connectivity index (χ0v) is 17.5. The molecule has 0 spiro atoms. The first kappa shape index (κ1) is 25.3. The van der Waals surface area contributed by atoms with Crippen LogP contribution >= 0.6 is 0 Å². The Labute approximate surface area is 162 Å². The maximum Gasteiger partial charge on any atom is 0.303 e. The maximum atomic E-state index is 12.7. The first-order chi connectivity index (χ1) is 12.4. The molecule has 0 heterocycles. The van der Waals surface area contributed by atoms with E-state index in [9.17, 15) is 14.4 Å². The van der Waals surface area contributed by atoms with Gasteiger partial charge >= 0.3 is 5.97 Å². The minimum Gasteiger partial charge on any atom is -0.481 e. The summed E-state index contributed by atoms with van der Waals surface area (Å²) in [6, 6.07) is -0.733. The van der Waals surface area contributed by atoms with Crippen LogP contribution in [0.4, 0.5) is 0 Å². The van der Waals surface area contributed by atoms with Gasteiger partial charge in [0.1, 0.15) is 0 Å². The van der Waals surface area contributed by atoms with E-state index in [2.05, 4.69) is 24.5 Å². The summed E-state index contributed by atoms with van der Waals surface area (Å²) in [5.74, 6) is -1.16. The number of amides is 2. The number of aliphatic carboxylic acids is 1. The number of hydrogen-bond donors (Lipinski definition) is 5. The van der Waals surface area contributed by atoms with Crippen molar-refractivity contribution in [1.82, 2.24) is 16.1 Å². The van der Waals surface area contributed by atoms with Gasteiger partial charge in [0.2, 0.25) is 11.8 Å². The number of nitrogens with one attached hydrogen (secondary N) is 3. The molecular formula is C19H37N3O5. The molecule has 0 saturated carbocycles. The van der Waals surface area contributed by atoms with E-state index >= 15 is 0 Å². The normalized spacial score (nSPS) is 15.1. The van der Waals surface area contributed by atoms with Gasteiger partial charge in [0.05, 0.1) is 6.04 Å². The molecule has 0 rings (SSSR count). The zero-order chi connectivity index (χ0) is 21.2. The van der Waals surface area contributed by atoms with Crippen LogP contribution in [0, 0.1) is 17.3 Å². The molecule has 5 N–H and O–H groups in total. The number of carboxylic acid groups (broad SMARTS) is 1. The smallest absolute Gasteiger partial charge is 0.303 e. The SMILES string of the molecule is CC(C)C[C@@H](CN[C@H](C(=O)NC(C)CCC(=O)O)C(C)(C)C)CC(=O)NO. The van der Waals surface area contributed by atoms with E-state index in [1.807, 2.05) is 20.8 Å². The van der Waals surface area contributed by atoms with Crippen molar-refractivity contribution < 1.29 is 24.7 Å². The van der Waals surface area contributed by atoms with Crippen molar-refractivity contribution in [3.8, 4) is 0 Å². The van der Waals surface area contributed by atoms with E-state index in [0.29, 0.717) is 18.9 Å². The third-order valence-corrected chi connectivity index (χ3v) is 4.32. The van der Waals surface area contributed by atoms with Gasteiger partial charge in [0.15, 0.2) is 0 Å². The molecule has 0 radical (unpaired) electrons. The standard InChI is InChI=1S/C19H37N3O5/c1-12(2)9-14(10-15(23)22-27)11-20-17(19(4,5)6)18(26)21-13(3)7-8-16(24)25/h12-14,17,20,27H,7-11H2,1-6H3,(H,21,26)(H,22,23)(H,24,25)/t13?,14-,17-/m1/s1. The average Bonchev–Trinajstić information content (AvgIpc) is 2.50. The van der Waals surface area contributed by atoms with E-state index in [1.165, 1.54) is 0 Å². The second-order valence-electron chi connectivity index (χ2n) is 8.78. The number of carbonyl (C=O) groups is 3. The van der Waals surface area contributed by atoms with Gasteiger partial charge in [-0.25, -0.2) is 5.48 Å². The van der Waals surface area contributed by atoms with E-state index < -0.39 is 17.9 Å². The van der Waals surface area contributed by atoms with Crippen molar-refractivity contribution in [3.05, 3.63) is 0 Å². The van der Waals surface area contributed by atoms with Crippen molar-refractivity contribution in [1.29, 1.82) is 0 Å². The van der Waals surface area contributed by atoms with Crippen molar-refractivity contribution >= 4 is 17.8 Å². The van der Waals surface area contributed by atoms with E-state index in [4.69, 9.17) is 10.3 Å². The van der Waals surface area contributed by atoms with Crippen molar-refractivity contribution in [2.24, 2.45) is 17.3 Å². The molecule has 0 bridgehead atoms. The number of carboxylic acids is 1. The molecule has 0 aromatic heterocycles. The van der Waals surface area contributed by atoms with Gasteiger partial charge in [0.25, 0.3) is 0 Å². The second kappa shape index (κ2) is 11.9. The average molecular weight is 388 g/mol. The summed E-state index contributed by atoms with van der Waals surface area (Å²) in [4.78, 5) is 34.9. The number of hydrogen-bond acceptors (Lipinski definition) is 5. The third kappa shape index (κ3) is 11.6. The molecule has 2 amide bonds. The first-order valence-electron chi connectivity index (χ1n) is 9.55. The molecule has 8 nitrogen and oxygen atoms in total. The van der Waals surface area contributed by atoms with Crippen LogP contribution in [-0.2, 0) is 14.4 Å². The summed E-state index contributed by atoms with van der Waals surface area (Å²) in [7, 11) is 0. The molecule has 158 valence electrons. The molecule has 0 saturated heterocycles. The fourth-order valence-electron chi connectivity index (χ4n) is 3.03. The summed E-state index contributed by atoms with van der Waals surface area (Å²) in [6.45, 7) is 12.2. The fourth-order valence-corrected chi connectivity index (χ4v) is 3.03. The summed E-state index contributed by atoms with van der Waals surface area (Å²) < 4.78 is 0.